The van der Waals surface area contributed by atoms with E-state index in [0.29, 0.717) is 23.4 Å². The summed E-state index contributed by atoms with van der Waals surface area (Å²) in [6, 6.07) is 7.31. The maximum Gasteiger partial charge on any atom is 0.305 e. The van der Waals surface area contributed by atoms with E-state index in [-0.39, 0.29) is 18.7 Å². The number of ether oxygens (including phenoxy) is 3. The van der Waals surface area contributed by atoms with Gasteiger partial charge in [0.15, 0.2) is 0 Å². The van der Waals surface area contributed by atoms with E-state index in [9.17, 15) is 4.79 Å². The van der Waals surface area contributed by atoms with Gasteiger partial charge in [0.05, 0.1) is 11.9 Å². The van der Waals surface area contributed by atoms with Crippen molar-refractivity contribution in [1.29, 1.82) is 0 Å². The fourth-order valence-corrected chi connectivity index (χ4v) is 2.68. The van der Waals surface area contributed by atoms with Crippen LogP contribution in [0, 0.1) is 0 Å². The number of rotatable bonds is 5. The third-order valence-corrected chi connectivity index (χ3v) is 4.03. The Morgan fingerprint density at radius 3 is 2.80 bits per heavy atom. The highest BCUT2D eigenvalue weighted by Crippen LogP contribution is 2.36. The van der Waals surface area contributed by atoms with Gasteiger partial charge in [-0.2, -0.15) is 0 Å². The molecule has 0 aliphatic carbocycles. The van der Waals surface area contributed by atoms with Crippen molar-refractivity contribution in [3.63, 3.8) is 0 Å². The summed E-state index contributed by atoms with van der Waals surface area (Å²) in [5.41, 5.74) is 0.878. The first kappa shape index (κ1) is 15.8. The van der Waals surface area contributed by atoms with Gasteiger partial charge in [-0.05, 0) is 12.1 Å². The van der Waals surface area contributed by atoms with E-state index in [1.165, 1.54) is 0 Å². The molecule has 0 N–H and O–H groups in total. The van der Waals surface area contributed by atoms with E-state index in [2.05, 4.69) is 15.9 Å². The van der Waals surface area contributed by atoms with E-state index < -0.39 is 5.79 Å². The van der Waals surface area contributed by atoms with Gasteiger partial charge in [0.25, 0.3) is 0 Å². The molecule has 0 aromatic heterocycles. The molecule has 0 radical (unpaired) electrons. The fraction of sp³-hybridized carbons (Fsp3) is 0.500. The zero-order valence-electron chi connectivity index (χ0n) is 11.1. The molecule has 1 aromatic carbocycles. The van der Waals surface area contributed by atoms with Crippen LogP contribution in [0.15, 0.2) is 24.3 Å². The number of esters is 1. The first-order chi connectivity index (χ1) is 9.59. The highest BCUT2D eigenvalue weighted by atomic mass is 79.9. The van der Waals surface area contributed by atoms with Crippen LogP contribution in [0.1, 0.15) is 18.9 Å². The number of benzene rings is 1. The van der Waals surface area contributed by atoms with E-state index in [1.54, 1.807) is 19.1 Å². The third kappa shape index (κ3) is 3.52. The average Bonchev–Trinajstić information content (AvgIpc) is 2.90. The molecule has 1 heterocycles. The molecule has 20 heavy (non-hydrogen) atoms. The van der Waals surface area contributed by atoms with Crippen molar-refractivity contribution in [3.05, 3.63) is 34.9 Å². The highest BCUT2D eigenvalue weighted by molar-refractivity contribution is 9.09. The highest BCUT2D eigenvalue weighted by Gasteiger charge is 2.42. The van der Waals surface area contributed by atoms with Crippen molar-refractivity contribution in [1.82, 2.24) is 0 Å². The molecule has 1 aliphatic rings. The van der Waals surface area contributed by atoms with Crippen molar-refractivity contribution < 1.29 is 19.0 Å². The lowest BCUT2D eigenvalue weighted by Gasteiger charge is -2.26. The molecule has 1 aromatic rings. The second-order valence-corrected chi connectivity index (χ2v) is 5.48. The van der Waals surface area contributed by atoms with Crippen molar-refractivity contribution in [3.8, 4) is 0 Å². The Morgan fingerprint density at radius 2 is 2.20 bits per heavy atom. The standard InChI is InChI=1S/C14H16BrClO4/c1-2-13(17)18-7-12-8-19-14(9-15,20-12)10-3-5-11(16)6-4-10/h3-6,12H,2,7-9H2,1H3/t12-,14-/m1/s1. The number of hydrogen-bond acceptors (Lipinski definition) is 4. The number of alkyl halides is 1. The van der Waals surface area contributed by atoms with Crippen LogP contribution in [0.5, 0.6) is 0 Å². The van der Waals surface area contributed by atoms with E-state index in [1.807, 2.05) is 12.1 Å². The first-order valence-electron chi connectivity index (χ1n) is 6.39. The van der Waals surface area contributed by atoms with Crippen molar-refractivity contribution in [2.75, 3.05) is 18.5 Å². The van der Waals surface area contributed by atoms with Gasteiger partial charge in [0, 0.05) is 17.0 Å². The Bertz CT molecular complexity index is 465. The second-order valence-electron chi connectivity index (χ2n) is 4.48. The molecule has 0 unspecified atom stereocenters. The Balaban J connectivity index is 2.03. The molecule has 110 valence electrons. The SMILES string of the molecule is CCC(=O)OC[C@@H]1CO[C@@](CBr)(c2ccc(Cl)cc2)O1. The predicted molar refractivity (Wildman–Crippen MR) is 79.0 cm³/mol. The van der Waals surface area contributed by atoms with Crippen LogP contribution in [0.3, 0.4) is 0 Å². The maximum atomic E-state index is 11.2. The molecule has 0 bridgehead atoms. The molecule has 0 amide bonds. The summed E-state index contributed by atoms with van der Waals surface area (Å²) in [6.07, 6.45) is 0.0904. The minimum atomic E-state index is -0.853. The molecule has 2 rings (SSSR count). The van der Waals surface area contributed by atoms with E-state index in [4.69, 9.17) is 25.8 Å². The van der Waals surface area contributed by atoms with Gasteiger partial charge in [-0.15, -0.1) is 0 Å². The van der Waals surface area contributed by atoms with Gasteiger partial charge in [0.1, 0.15) is 12.7 Å². The largest absolute Gasteiger partial charge is 0.463 e. The summed E-state index contributed by atoms with van der Waals surface area (Å²) in [7, 11) is 0. The van der Waals surface area contributed by atoms with Crippen LogP contribution in [-0.4, -0.2) is 30.6 Å². The number of carbonyl (C=O) groups is 1. The zero-order chi connectivity index (χ0) is 14.6. The number of carbonyl (C=O) groups excluding carboxylic acids is 1. The third-order valence-electron chi connectivity index (χ3n) is 3.04. The number of hydrogen-bond donors (Lipinski definition) is 0. The minimum absolute atomic E-state index is 0.203. The molecule has 0 spiro atoms. The molecule has 1 fully saturated rings. The Labute approximate surface area is 131 Å². The molecule has 2 atom stereocenters. The van der Waals surface area contributed by atoms with Crippen LogP contribution in [0.25, 0.3) is 0 Å². The summed E-state index contributed by atoms with van der Waals surface area (Å²) >= 11 is 9.30. The van der Waals surface area contributed by atoms with Crippen LogP contribution >= 0.6 is 27.5 Å². The Kier molecular flexibility index (Phi) is 5.43. The van der Waals surface area contributed by atoms with Gasteiger partial charge >= 0.3 is 5.97 Å². The van der Waals surface area contributed by atoms with Crippen LogP contribution in [-0.2, 0) is 24.8 Å². The average molecular weight is 364 g/mol. The quantitative estimate of drug-likeness (QED) is 0.595. The lowest BCUT2D eigenvalue weighted by Crippen LogP contribution is -2.31. The van der Waals surface area contributed by atoms with E-state index >= 15 is 0 Å². The first-order valence-corrected chi connectivity index (χ1v) is 7.89. The van der Waals surface area contributed by atoms with Crippen molar-refractivity contribution >= 4 is 33.5 Å². The topological polar surface area (TPSA) is 44.8 Å². The molecule has 6 heteroatoms. The smallest absolute Gasteiger partial charge is 0.305 e. The lowest BCUT2D eigenvalue weighted by atomic mass is 10.1. The van der Waals surface area contributed by atoms with Gasteiger partial charge in [-0.3, -0.25) is 4.79 Å². The summed E-state index contributed by atoms with van der Waals surface area (Å²) in [5.74, 6) is -1.09. The predicted octanol–water partition coefficient (Wildman–Crippen LogP) is 3.26. The Morgan fingerprint density at radius 1 is 1.50 bits per heavy atom. The molecule has 1 saturated heterocycles. The minimum Gasteiger partial charge on any atom is -0.463 e. The van der Waals surface area contributed by atoms with Crippen LogP contribution in [0.2, 0.25) is 5.02 Å². The van der Waals surface area contributed by atoms with Crippen molar-refractivity contribution in [2.45, 2.75) is 25.2 Å². The van der Waals surface area contributed by atoms with Crippen LogP contribution < -0.4 is 0 Å². The van der Waals surface area contributed by atoms with Gasteiger partial charge in [0.2, 0.25) is 5.79 Å². The number of halogens is 2. The van der Waals surface area contributed by atoms with Gasteiger partial charge < -0.3 is 14.2 Å². The summed E-state index contributed by atoms with van der Waals surface area (Å²) in [6.45, 7) is 2.34. The summed E-state index contributed by atoms with van der Waals surface area (Å²) in [5, 5.41) is 1.14. The van der Waals surface area contributed by atoms with Gasteiger partial charge in [-0.25, -0.2) is 0 Å². The Hall–Kier alpha value is -0.620. The molecular formula is C14H16BrClO4. The lowest BCUT2D eigenvalue weighted by molar-refractivity contribution is -0.168. The normalized spacial score (nSPS) is 25.6. The molecular weight excluding hydrogens is 348 g/mol. The second kappa shape index (κ2) is 6.89. The fourth-order valence-electron chi connectivity index (χ4n) is 1.94. The molecule has 0 saturated carbocycles. The van der Waals surface area contributed by atoms with Crippen molar-refractivity contribution in [2.24, 2.45) is 0 Å². The monoisotopic (exact) mass is 362 g/mol. The van der Waals surface area contributed by atoms with Crippen LogP contribution in [0.4, 0.5) is 0 Å². The summed E-state index contributed by atoms with van der Waals surface area (Å²) < 4.78 is 16.8. The van der Waals surface area contributed by atoms with E-state index in [0.717, 1.165) is 5.56 Å². The zero-order valence-corrected chi connectivity index (χ0v) is 13.4. The van der Waals surface area contributed by atoms with Gasteiger partial charge in [-0.1, -0.05) is 46.6 Å². The molecule has 4 nitrogen and oxygen atoms in total. The maximum absolute atomic E-state index is 11.2. The summed E-state index contributed by atoms with van der Waals surface area (Å²) in [4.78, 5) is 11.2. The molecule has 1 aliphatic heterocycles.